The fourth-order valence-corrected chi connectivity index (χ4v) is 1.74. The Morgan fingerprint density at radius 1 is 1.25 bits per heavy atom. The van der Waals surface area contributed by atoms with Gasteiger partial charge in [0.1, 0.15) is 6.07 Å². The lowest BCUT2D eigenvalue weighted by atomic mass is 10.1. The lowest BCUT2D eigenvalue weighted by Crippen LogP contribution is -2.06. The van der Waals surface area contributed by atoms with Gasteiger partial charge in [-0.05, 0) is 19.1 Å². The Morgan fingerprint density at radius 2 is 1.95 bits per heavy atom. The Hall–Kier alpha value is -2.62. The SMILES string of the molecule is Cc1nc(N)c(C#N)nc1-c1cccc(C(F)(F)F)c1. The summed E-state index contributed by atoms with van der Waals surface area (Å²) in [4.78, 5) is 7.89. The Kier molecular flexibility index (Phi) is 3.32. The van der Waals surface area contributed by atoms with E-state index in [1.54, 1.807) is 13.0 Å². The van der Waals surface area contributed by atoms with Gasteiger partial charge in [0.25, 0.3) is 0 Å². The van der Waals surface area contributed by atoms with E-state index in [4.69, 9.17) is 11.0 Å². The van der Waals surface area contributed by atoms with E-state index < -0.39 is 11.7 Å². The van der Waals surface area contributed by atoms with Gasteiger partial charge in [0.2, 0.25) is 0 Å². The van der Waals surface area contributed by atoms with E-state index in [0.29, 0.717) is 5.69 Å². The van der Waals surface area contributed by atoms with Crippen molar-refractivity contribution in [2.24, 2.45) is 0 Å². The molecule has 0 amide bonds. The largest absolute Gasteiger partial charge is 0.416 e. The van der Waals surface area contributed by atoms with E-state index in [1.165, 1.54) is 12.1 Å². The molecule has 0 saturated carbocycles. The van der Waals surface area contributed by atoms with Crippen LogP contribution in [0.3, 0.4) is 0 Å². The number of nitrogen functional groups attached to an aromatic ring is 1. The summed E-state index contributed by atoms with van der Waals surface area (Å²) in [7, 11) is 0. The topological polar surface area (TPSA) is 75.6 Å². The predicted molar refractivity (Wildman–Crippen MR) is 66.3 cm³/mol. The molecule has 1 heterocycles. The quantitative estimate of drug-likeness (QED) is 0.870. The van der Waals surface area contributed by atoms with Crippen LogP contribution in [-0.4, -0.2) is 9.97 Å². The van der Waals surface area contributed by atoms with E-state index in [9.17, 15) is 13.2 Å². The van der Waals surface area contributed by atoms with Crippen LogP contribution >= 0.6 is 0 Å². The maximum atomic E-state index is 12.7. The van der Waals surface area contributed by atoms with Crippen molar-refractivity contribution >= 4 is 5.82 Å². The van der Waals surface area contributed by atoms with Crippen LogP contribution < -0.4 is 5.73 Å². The number of hydrogen-bond donors (Lipinski definition) is 1. The van der Waals surface area contributed by atoms with Crippen molar-refractivity contribution in [3.63, 3.8) is 0 Å². The van der Waals surface area contributed by atoms with E-state index in [-0.39, 0.29) is 22.8 Å². The highest BCUT2D eigenvalue weighted by Crippen LogP contribution is 2.32. The van der Waals surface area contributed by atoms with Crippen LogP contribution in [0.2, 0.25) is 0 Å². The molecule has 102 valence electrons. The van der Waals surface area contributed by atoms with Gasteiger partial charge in [-0.15, -0.1) is 0 Å². The van der Waals surface area contributed by atoms with Gasteiger partial charge >= 0.3 is 6.18 Å². The molecule has 0 aliphatic carbocycles. The maximum Gasteiger partial charge on any atom is 0.416 e. The summed E-state index contributed by atoms with van der Waals surface area (Å²) in [5, 5.41) is 8.85. The maximum absolute atomic E-state index is 12.7. The Bertz CT molecular complexity index is 702. The molecule has 0 saturated heterocycles. The minimum Gasteiger partial charge on any atom is -0.381 e. The molecule has 2 aromatic rings. The summed E-state index contributed by atoms with van der Waals surface area (Å²) in [5.74, 6) is -0.0410. The van der Waals surface area contributed by atoms with Crippen molar-refractivity contribution in [2.75, 3.05) is 5.73 Å². The third kappa shape index (κ3) is 2.54. The third-order valence-electron chi connectivity index (χ3n) is 2.67. The Morgan fingerprint density at radius 3 is 2.55 bits per heavy atom. The zero-order chi connectivity index (χ0) is 14.9. The van der Waals surface area contributed by atoms with Crippen molar-refractivity contribution < 1.29 is 13.2 Å². The van der Waals surface area contributed by atoms with Gasteiger partial charge in [0.05, 0.1) is 17.0 Å². The summed E-state index contributed by atoms with van der Waals surface area (Å²) in [6, 6.07) is 6.45. The van der Waals surface area contributed by atoms with Gasteiger partial charge in [-0.2, -0.15) is 18.4 Å². The first-order valence-electron chi connectivity index (χ1n) is 5.55. The molecule has 2 N–H and O–H groups in total. The molecule has 1 aromatic heterocycles. The van der Waals surface area contributed by atoms with Crippen LogP contribution in [-0.2, 0) is 6.18 Å². The number of aromatic nitrogens is 2. The summed E-state index contributed by atoms with van der Waals surface area (Å²) < 4.78 is 38.1. The zero-order valence-electron chi connectivity index (χ0n) is 10.4. The van der Waals surface area contributed by atoms with Crippen LogP contribution in [0.25, 0.3) is 11.3 Å². The second-order valence-corrected chi connectivity index (χ2v) is 4.08. The monoisotopic (exact) mass is 278 g/mol. The van der Waals surface area contributed by atoms with E-state index >= 15 is 0 Å². The predicted octanol–water partition coefficient (Wildman–Crippen LogP) is 2.92. The lowest BCUT2D eigenvalue weighted by Gasteiger charge is -2.10. The Balaban J connectivity index is 2.61. The number of hydrogen-bond acceptors (Lipinski definition) is 4. The highest BCUT2D eigenvalue weighted by Gasteiger charge is 2.30. The van der Waals surface area contributed by atoms with E-state index in [1.807, 2.05) is 0 Å². The summed E-state index contributed by atoms with van der Waals surface area (Å²) in [6.07, 6.45) is -4.44. The van der Waals surface area contributed by atoms with Gasteiger partial charge in [-0.25, -0.2) is 9.97 Å². The summed E-state index contributed by atoms with van der Waals surface area (Å²) >= 11 is 0. The molecule has 0 unspecified atom stereocenters. The first kappa shape index (κ1) is 13.8. The van der Waals surface area contributed by atoms with Crippen molar-refractivity contribution in [2.45, 2.75) is 13.1 Å². The molecule has 0 aliphatic rings. The number of aryl methyl sites for hydroxylation is 1. The van der Waals surface area contributed by atoms with Crippen LogP contribution in [0.1, 0.15) is 17.0 Å². The van der Waals surface area contributed by atoms with Crippen LogP contribution in [0.4, 0.5) is 19.0 Å². The van der Waals surface area contributed by atoms with Gasteiger partial charge in [0.15, 0.2) is 11.5 Å². The number of rotatable bonds is 1. The molecule has 0 fully saturated rings. The number of nitrogens with two attached hydrogens (primary N) is 1. The standard InChI is InChI=1S/C13H9F3N4/c1-7-11(20-10(6-17)12(18)19-7)8-3-2-4-9(5-8)13(14,15)16/h2-5H,1H3,(H2,18,19). The molecule has 7 heteroatoms. The first-order valence-corrected chi connectivity index (χ1v) is 5.55. The molecular formula is C13H9F3N4. The lowest BCUT2D eigenvalue weighted by molar-refractivity contribution is -0.137. The number of anilines is 1. The van der Waals surface area contributed by atoms with Crippen molar-refractivity contribution in [1.82, 2.24) is 9.97 Å². The first-order chi connectivity index (χ1) is 9.32. The number of benzene rings is 1. The summed E-state index contributed by atoms with van der Waals surface area (Å²) in [5.41, 5.74) is 5.42. The highest BCUT2D eigenvalue weighted by atomic mass is 19.4. The molecule has 2 rings (SSSR count). The second-order valence-electron chi connectivity index (χ2n) is 4.08. The van der Waals surface area contributed by atoms with E-state index in [2.05, 4.69) is 9.97 Å². The van der Waals surface area contributed by atoms with Crippen molar-refractivity contribution in [1.29, 1.82) is 5.26 Å². The van der Waals surface area contributed by atoms with Gasteiger partial charge in [0, 0.05) is 5.56 Å². The number of halogens is 3. The highest BCUT2D eigenvalue weighted by molar-refractivity contribution is 5.65. The molecule has 0 atom stereocenters. The molecule has 0 radical (unpaired) electrons. The molecular weight excluding hydrogens is 269 g/mol. The molecule has 1 aromatic carbocycles. The van der Waals surface area contributed by atoms with Crippen molar-refractivity contribution in [3.8, 4) is 17.3 Å². The van der Waals surface area contributed by atoms with Crippen LogP contribution in [0.15, 0.2) is 24.3 Å². The molecule has 4 nitrogen and oxygen atoms in total. The minimum absolute atomic E-state index is 0.0410. The normalized spacial score (nSPS) is 11.2. The smallest absolute Gasteiger partial charge is 0.381 e. The average Bonchev–Trinajstić information content (AvgIpc) is 2.38. The van der Waals surface area contributed by atoms with Gasteiger partial charge in [-0.3, -0.25) is 0 Å². The van der Waals surface area contributed by atoms with Crippen LogP contribution in [0.5, 0.6) is 0 Å². The third-order valence-corrected chi connectivity index (χ3v) is 2.67. The zero-order valence-corrected chi connectivity index (χ0v) is 10.4. The van der Waals surface area contributed by atoms with Gasteiger partial charge in [-0.1, -0.05) is 12.1 Å². The van der Waals surface area contributed by atoms with E-state index in [0.717, 1.165) is 12.1 Å². The second kappa shape index (κ2) is 4.81. The van der Waals surface area contributed by atoms with Crippen molar-refractivity contribution in [3.05, 3.63) is 41.2 Å². The molecule has 20 heavy (non-hydrogen) atoms. The molecule has 0 bridgehead atoms. The number of alkyl halides is 3. The number of nitrogens with zero attached hydrogens (tertiary/aromatic N) is 3. The molecule has 0 spiro atoms. The fraction of sp³-hybridized carbons (Fsp3) is 0.154. The Labute approximate surface area is 112 Å². The van der Waals surface area contributed by atoms with Gasteiger partial charge < -0.3 is 5.73 Å². The van der Waals surface area contributed by atoms with Crippen LogP contribution in [0, 0.1) is 18.3 Å². The molecule has 0 aliphatic heterocycles. The minimum atomic E-state index is -4.44. The summed E-state index contributed by atoms with van der Waals surface area (Å²) in [6.45, 7) is 1.57. The average molecular weight is 278 g/mol. The number of nitriles is 1. The fourth-order valence-electron chi connectivity index (χ4n) is 1.74.